The lowest BCUT2D eigenvalue weighted by atomic mass is 10.1. The summed E-state index contributed by atoms with van der Waals surface area (Å²) in [5.41, 5.74) is 1.95. The van der Waals surface area contributed by atoms with Crippen molar-refractivity contribution in [2.24, 2.45) is 5.92 Å². The third-order valence-corrected chi connectivity index (χ3v) is 2.83. The van der Waals surface area contributed by atoms with Gasteiger partial charge in [-0.1, -0.05) is 19.1 Å². The molecule has 0 aliphatic carbocycles. The van der Waals surface area contributed by atoms with E-state index < -0.39 is 5.97 Å². The third-order valence-electron chi connectivity index (χ3n) is 2.83. The lowest BCUT2D eigenvalue weighted by Gasteiger charge is -2.08. The molecule has 102 valence electrons. The Labute approximate surface area is 116 Å². The van der Waals surface area contributed by atoms with Gasteiger partial charge in [-0.2, -0.15) is 5.26 Å². The molecule has 1 aromatic carbocycles. The molecule has 1 heterocycles. The standard InChI is InChI=1S/C14H14N4O2/c1-9(2)7-13-12(8-15)16-17-18(13)11-5-3-10(4-6-11)14(19)20/h3-6,9H,7H2,1-2H3,(H,19,20). The summed E-state index contributed by atoms with van der Waals surface area (Å²) in [4.78, 5) is 10.8. The molecule has 20 heavy (non-hydrogen) atoms. The third kappa shape index (κ3) is 2.67. The number of rotatable bonds is 4. The summed E-state index contributed by atoms with van der Waals surface area (Å²) in [6.45, 7) is 4.10. The van der Waals surface area contributed by atoms with Crippen molar-refractivity contribution in [1.29, 1.82) is 5.26 Å². The molecule has 2 aromatic rings. The highest BCUT2D eigenvalue weighted by molar-refractivity contribution is 5.87. The monoisotopic (exact) mass is 270 g/mol. The van der Waals surface area contributed by atoms with E-state index in [4.69, 9.17) is 10.4 Å². The molecule has 1 N–H and O–H groups in total. The van der Waals surface area contributed by atoms with Gasteiger partial charge >= 0.3 is 5.97 Å². The molecular weight excluding hydrogens is 256 g/mol. The van der Waals surface area contributed by atoms with Crippen molar-refractivity contribution >= 4 is 5.97 Å². The smallest absolute Gasteiger partial charge is 0.335 e. The van der Waals surface area contributed by atoms with Crippen LogP contribution in [0.4, 0.5) is 0 Å². The van der Waals surface area contributed by atoms with Crippen LogP contribution >= 0.6 is 0 Å². The molecule has 0 aliphatic heterocycles. The Morgan fingerprint density at radius 1 is 1.40 bits per heavy atom. The fourth-order valence-electron chi connectivity index (χ4n) is 1.91. The van der Waals surface area contributed by atoms with Gasteiger partial charge in [0.15, 0.2) is 5.69 Å². The van der Waals surface area contributed by atoms with Crippen LogP contribution in [0.2, 0.25) is 0 Å². The fraction of sp³-hybridized carbons (Fsp3) is 0.286. The molecular formula is C14H14N4O2. The van der Waals surface area contributed by atoms with Gasteiger partial charge in [0.05, 0.1) is 16.9 Å². The maximum Gasteiger partial charge on any atom is 0.335 e. The average molecular weight is 270 g/mol. The lowest BCUT2D eigenvalue weighted by molar-refractivity contribution is 0.0697. The SMILES string of the molecule is CC(C)Cc1c(C#N)nnn1-c1ccc(C(=O)O)cc1. The molecule has 2 rings (SSSR count). The number of carboxylic acid groups (broad SMARTS) is 1. The minimum atomic E-state index is -0.977. The molecule has 0 saturated carbocycles. The number of nitriles is 1. The predicted molar refractivity (Wildman–Crippen MR) is 71.6 cm³/mol. The van der Waals surface area contributed by atoms with E-state index in [0.717, 1.165) is 5.69 Å². The van der Waals surface area contributed by atoms with Crippen molar-refractivity contribution in [2.75, 3.05) is 0 Å². The normalized spacial score (nSPS) is 10.5. The van der Waals surface area contributed by atoms with E-state index in [1.54, 1.807) is 16.8 Å². The van der Waals surface area contributed by atoms with Crippen molar-refractivity contribution in [3.05, 3.63) is 41.2 Å². The van der Waals surface area contributed by atoms with Crippen LogP contribution in [-0.4, -0.2) is 26.1 Å². The highest BCUT2D eigenvalue weighted by atomic mass is 16.4. The average Bonchev–Trinajstić information content (AvgIpc) is 2.81. The van der Waals surface area contributed by atoms with E-state index in [2.05, 4.69) is 10.3 Å². The maximum atomic E-state index is 10.8. The van der Waals surface area contributed by atoms with Gasteiger partial charge in [0.2, 0.25) is 0 Å². The Bertz CT molecular complexity index is 665. The molecule has 1 aromatic heterocycles. The molecule has 6 nitrogen and oxygen atoms in total. The predicted octanol–water partition coefficient (Wildman–Crippen LogP) is 2.04. The Balaban J connectivity index is 2.44. The summed E-state index contributed by atoms with van der Waals surface area (Å²) in [7, 11) is 0. The van der Waals surface area contributed by atoms with E-state index in [1.165, 1.54) is 12.1 Å². The van der Waals surface area contributed by atoms with E-state index in [9.17, 15) is 4.79 Å². The first-order valence-corrected chi connectivity index (χ1v) is 6.21. The largest absolute Gasteiger partial charge is 0.478 e. The highest BCUT2D eigenvalue weighted by Crippen LogP contribution is 2.17. The van der Waals surface area contributed by atoms with Crippen molar-refractivity contribution in [3.8, 4) is 11.8 Å². The molecule has 0 aliphatic rings. The molecule has 0 spiro atoms. The minimum absolute atomic E-state index is 0.208. The highest BCUT2D eigenvalue weighted by Gasteiger charge is 2.15. The van der Waals surface area contributed by atoms with Gasteiger partial charge in [-0.25, -0.2) is 9.48 Å². The number of benzene rings is 1. The molecule has 0 atom stereocenters. The number of carboxylic acids is 1. The molecule has 0 radical (unpaired) electrons. The summed E-state index contributed by atoms with van der Waals surface area (Å²) in [5, 5.41) is 25.8. The van der Waals surface area contributed by atoms with Crippen LogP contribution in [0.1, 0.15) is 35.6 Å². The first-order valence-electron chi connectivity index (χ1n) is 6.21. The Hall–Kier alpha value is -2.68. The molecule has 0 saturated heterocycles. The van der Waals surface area contributed by atoms with Crippen molar-refractivity contribution in [1.82, 2.24) is 15.0 Å². The second-order valence-corrected chi connectivity index (χ2v) is 4.86. The fourth-order valence-corrected chi connectivity index (χ4v) is 1.91. The first-order chi connectivity index (χ1) is 9.52. The van der Waals surface area contributed by atoms with Gasteiger partial charge in [-0.3, -0.25) is 0 Å². The zero-order chi connectivity index (χ0) is 14.7. The van der Waals surface area contributed by atoms with Crippen LogP contribution in [-0.2, 0) is 6.42 Å². The summed E-state index contributed by atoms with van der Waals surface area (Å²) < 4.78 is 1.59. The van der Waals surface area contributed by atoms with Gasteiger partial charge in [0.1, 0.15) is 6.07 Å². The second-order valence-electron chi connectivity index (χ2n) is 4.86. The van der Waals surface area contributed by atoms with Crippen LogP contribution in [0.15, 0.2) is 24.3 Å². The van der Waals surface area contributed by atoms with E-state index in [-0.39, 0.29) is 5.56 Å². The number of hydrogen-bond acceptors (Lipinski definition) is 4. The van der Waals surface area contributed by atoms with Crippen LogP contribution in [0.3, 0.4) is 0 Å². The van der Waals surface area contributed by atoms with Crippen molar-refractivity contribution < 1.29 is 9.90 Å². The number of aromatic nitrogens is 3. The quantitative estimate of drug-likeness (QED) is 0.917. The molecule has 0 bridgehead atoms. The zero-order valence-electron chi connectivity index (χ0n) is 11.2. The van der Waals surface area contributed by atoms with Gasteiger partial charge in [-0.15, -0.1) is 5.10 Å². The number of hydrogen-bond donors (Lipinski definition) is 1. The molecule has 0 amide bonds. The van der Waals surface area contributed by atoms with E-state index in [1.807, 2.05) is 19.9 Å². The van der Waals surface area contributed by atoms with Crippen LogP contribution in [0.5, 0.6) is 0 Å². The van der Waals surface area contributed by atoms with Crippen molar-refractivity contribution in [2.45, 2.75) is 20.3 Å². The number of aromatic carboxylic acids is 1. The van der Waals surface area contributed by atoms with Crippen LogP contribution in [0, 0.1) is 17.2 Å². The van der Waals surface area contributed by atoms with E-state index >= 15 is 0 Å². The van der Waals surface area contributed by atoms with Crippen LogP contribution < -0.4 is 0 Å². The maximum absolute atomic E-state index is 10.8. The second kappa shape index (κ2) is 5.53. The Morgan fingerprint density at radius 2 is 2.05 bits per heavy atom. The van der Waals surface area contributed by atoms with Gasteiger partial charge in [-0.05, 0) is 36.6 Å². The van der Waals surface area contributed by atoms with Gasteiger partial charge in [0, 0.05) is 0 Å². The van der Waals surface area contributed by atoms with Gasteiger partial charge in [0.25, 0.3) is 0 Å². The van der Waals surface area contributed by atoms with E-state index in [0.29, 0.717) is 23.7 Å². The first kappa shape index (κ1) is 13.7. The summed E-state index contributed by atoms with van der Waals surface area (Å²) in [6, 6.07) is 8.35. The topological polar surface area (TPSA) is 91.8 Å². The molecule has 0 unspecified atom stereocenters. The Morgan fingerprint density at radius 3 is 2.55 bits per heavy atom. The number of nitrogens with zero attached hydrogens (tertiary/aromatic N) is 4. The summed E-state index contributed by atoms with van der Waals surface area (Å²) in [6.07, 6.45) is 0.677. The van der Waals surface area contributed by atoms with Crippen molar-refractivity contribution in [3.63, 3.8) is 0 Å². The lowest BCUT2D eigenvalue weighted by Crippen LogP contribution is -2.07. The number of carbonyl (C=O) groups is 1. The molecule has 0 fully saturated rings. The summed E-state index contributed by atoms with van der Waals surface area (Å²) >= 11 is 0. The van der Waals surface area contributed by atoms with Crippen LogP contribution in [0.25, 0.3) is 5.69 Å². The van der Waals surface area contributed by atoms with Gasteiger partial charge < -0.3 is 5.11 Å². The minimum Gasteiger partial charge on any atom is -0.478 e. The molecule has 6 heteroatoms. The summed E-state index contributed by atoms with van der Waals surface area (Å²) in [5.74, 6) is -0.618. The Kier molecular flexibility index (Phi) is 3.80. The zero-order valence-corrected chi connectivity index (χ0v) is 11.2.